The van der Waals surface area contributed by atoms with Gasteiger partial charge in [-0.25, -0.2) is 4.79 Å². The van der Waals surface area contributed by atoms with Crippen molar-refractivity contribution in [3.63, 3.8) is 0 Å². The molecule has 0 radical (unpaired) electrons. The van der Waals surface area contributed by atoms with Crippen LogP contribution >= 0.6 is 11.6 Å². The largest absolute Gasteiger partial charge is 0.486 e. The Morgan fingerprint density at radius 2 is 2.20 bits per heavy atom. The highest BCUT2D eigenvalue weighted by atomic mass is 35.5. The van der Waals surface area contributed by atoms with E-state index in [1.807, 2.05) is 19.9 Å². The molecule has 1 aromatic rings. The predicted octanol–water partition coefficient (Wildman–Crippen LogP) is 2.75. The number of halogens is 1. The number of fused-ring (bicyclic) bond motifs is 1. The number of hydrogen-bond acceptors (Lipinski definition) is 2. The van der Waals surface area contributed by atoms with Gasteiger partial charge in [0.25, 0.3) is 0 Å². The zero-order valence-corrected chi connectivity index (χ0v) is 9.26. The Hall–Kier alpha value is -1.22. The van der Waals surface area contributed by atoms with E-state index < -0.39 is 5.97 Å². The van der Waals surface area contributed by atoms with Crippen LogP contribution in [0.15, 0.2) is 12.1 Å². The van der Waals surface area contributed by atoms with Crippen molar-refractivity contribution >= 4 is 17.6 Å². The maximum absolute atomic E-state index is 11.0. The van der Waals surface area contributed by atoms with Gasteiger partial charge in [-0.1, -0.05) is 17.7 Å². The van der Waals surface area contributed by atoms with Crippen molar-refractivity contribution in [1.29, 1.82) is 0 Å². The molecule has 3 nitrogen and oxygen atoms in total. The Bertz CT molecular complexity index is 438. The fourth-order valence-corrected chi connectivity index (χ4v) is 2.06. The molecular weight excluding hydrogens is 216 g/mol. The minimum absolute atomic E-state index is 0.0692. The quantitative estimate of drug-likeness (QED) is 0.801. The topological polar surface area (TPSA) is 46.5 Å². The molecule has 0 spiro atoms. The molecule has 0 bridgehead atoms. The van der Waals surface area contributed by atoms with Crippen LogP contribution in [0.3, 0.4) is 0 Å². The maximum Gasteiger partial charge on any atom is 0.341 e. The summed E-state index contributed by atoms with van der Waals surface area (Å²) in [6, 6.07) is 3.42. The van der Waals surface area contributed by atoms with Gasteiger partial charge in [0.1, 0.15) is 16.9 Å². The molecule has 0 fully saturated rings. The third-order valence-electron chi connectivity index (χ3n) is 2.40. The number of hydrogen-bond donors (Lipinski definition) is 1. The second-order valence-electron chi connectivity index (χ2n) is 4.25. The summed E-state index contributed by atoms with van der Waals surface area (Å²) in [5.41, 5.74) is 0.624. The summed E-state index contributed by atoms with van der Waals surface area (Å²) < 4.78 is 5.60. The molecule has 0 aliphatic carbocycles. The van der Waals surface area contributed by atoms with Crippen LogP contribution in [0, 0.1) is 0 Å². The van der Waals surface area contributed by atoms with E-state index in [0.717, 1.165) is 5.56 Å². The van der Waals surface area contributed by atoms with Gasteiger partial charge in [0.05, 0.1) is 5.02 Å². The van der Waals surface area contributed by atoms with Gasteiger partial charge in [-0.2, -0.15) is 0 Å². The Kier molecular flexibility index (Phi) is 2.15. The Balaban J connectivity index is 2.60. The molecule has 0 saturated carbocycles. The van der Waals surface area contributed by atoms with Gasteiger partial charge in [-0.3, -0.25) is 0 Å². The van der Waals surface area contributed by atoms with Crippen LogP contribution in [0.25, 0.3) is 0 Å². The van der Waals surface area contributed by atoms with Gasteiger partial charge in [-0.15, -0.1) is 0 Å². The van der Waals surface area contributed by atoms with Gasteiger partial charge >= 0.3 is 5.97 Å². The monoisotopic (exact) mass is 226 g/mol. The fraction of sp³-hybridized carbons (Fsp3) is 0.364. The zero-order chi connectivity index (χ0) is 11.2. The summed E-state index contributed by atoms with van der Waals surface area (Å²) in [5.74, 6) is -0.630. The summed E-state index contributed by atoms with van der Waals surface area (Å²) in [6.45, 7) is 3.85. The van der Waals surface area contributed by atoms with E-state index in [1.165, 1.54) is 0 Å². The second kappa shape index (κ2) is 3.14. The van der Waals surface area contributed by atoms with Crippen molar-refractivity contribution in [2.45, 2.75) is 25.9 Å². The average molecular weight is 227 g/mol. The number of carboxylic acid groups (broad SMARTS) is 1. The third-order valence-corrected chi connectivity index (χ3v) is 2.71. The number of carboxylic acids is 1. The Labute approximate surface area is 92.6 Å². The molecule has 0 saturated heterocycles. The van der Waals surface area contributed by atoms with Gasteiger partial charge in [0.15, 0.2) is 0 Å². The van der Waals surface area contributed by atoms with E-state index in [2.05, 4.69) is 0 Å². The standard InChI is InChI=1S/C11H11ClO3/c1-11(2)5-6-3-4-7(12)8(10(13)14)9(6)15-11/h3-4H,5H2,1-2H3,(H,13,14). The minimum atomic E-state index is -1.05. The average Bonchev–Trinajstić information content (AvgIpc) is 2.37. The summed E-state index contributed by atoms with van der Waals surface area (Å²) in [5, 5.41) is 9.26. The molecule has 4 heteroatoms. The molecule has 1 aliphatic heterocycles. The highest BCUT2D eigenvalue weighted by Crippen LogP contribution is 2.40. The molecule has 0 atom stereocenters. The van der Waals surface area contributed by atoms with Crippen LogP contribution in [-0.2, 0) is 6.42 Å². The first-order chi connectivity index (χ1) is 6.91. The Morgan fingerprint density at radius 3 is 2.80 bits per heavy atom. The highest BCUT2D eigenvalue weighted by molar-refractivity contribution is 6.34. The van der Waals surface area contributed by atoms with E-state index in [0.29, 0.717) is 12.2 Å². The molecule has 1 aliphatic rings. The number of benzene rings is 1. The molecule has 0 aromatic heterocycles. The van der Waals surface area contributed by atoms with Crippen LogP contribution < -0.4 is 4.74 Å². The molecule has 1 N–H and O–H groups in total. The molecule has 0 unspecified atom stereocenters. The molecule has 1 aromatic carbocycles. The van der Waals surface area contributed by atoms with E-state index in [1.54, 1.807) is 6.07 Å². The van der Waals surface area contributed by atoms with Crippen LogP contribution in [-0.4, -0.2) is 16.7 Å². The number of carbonyl (C=O) groups is 1. The van der Waals surface area contributed by atoms with Crippen molar-refractivity contribution < 1.29 is 14.6 Å². The zero-order valence-electron chi connectivity index (χ0n) is 8.50. The molecule has 1 heterocycles. The lowest BCUT2D eigenvalue weighted by molar-refractivity contribution is 0.0686. The van der Waals surface area contributed by atoms with E-state index >= 15 is 0 Å². The first-order valence-electron chi connectivity index (χ1n) is 4.64. The Morgan fingerprint density at radius 1 is 1.53 bits per heavy atom. The van der Waals surface area contributed by atoms with E-state index in [9.17, 15) is 4.79 Å². The summed E-state index contributed by atoms with van der Waals surface area (Å²) >= 11 is 5.84. The van der Waals surface area contributed by atoms with Gasteiger partial charge < -0.3 is 9.84 Å². The number of ether oxygens (including phenoxy) is 1. The normalized spacial score (nSPS) is 17.0. The molecule has 0 amide bonds. The third kappa shape index (κ3) is 1.67. The first kappa shape index (κ1) is 10.3. The van der Waals surface area contributed by atoms with Crippen LogP contribution in [0.1, 0.15) is 29.8 Å². The number of rotatable bonds is 1. The van der Waals surface area contributed by atoms with Crippen molar-refractivity contribution in [2.24, 2.45) is 0 Å². The highest BCUT2D eigenvalue weighted by Gasteiger charge is 2.34. The lowest BCUT2D eigenvalue weighted by Gasteiger charge is -2.17. The second-order valence-corrected chi connectivity index (χ2v) is 4.66. The van der Waals surface area contributed by atoms with Crippen molar-refractivity contribution in [3.05, 3.63) is 28.3 Å². The van der Waals surface area contributed by atoms with Crippen molar-refractivity contribution in [2.75, 3.05) is 0 Å². The first-order valence-corrected chi connectivity index (χ1v) is 5.02. The maximum atomic E-state index is 11.0. The smallest absolute Gasteiger partial charge is 0.341 e. The lowest BCUT2D eigenvalue weighted by Crippen LogP contribution is -2.25. The number of aromatic carboxylic acids is 1. The van der Waals surface area contributed by atoms with Crippen LogP contribution in [0.2, 0.25) is 5.02 Å². The van der Waals surface area contributed by atoms with Crippen molar-refractivity contribution in [1.82, 2.24) is 0 Å². The SMILES string of the molecule is CC1(C)Cc2ccc(Cl)c(C(=O)O)c2O1. The van der Waals surface area contributed by atoms with Gasteiger partial charge in [-0.05, 0) is 25.5 Å². The summed E-state index contributed by atoms with van der Waals surface area (Å²) in [4.78, 5) is 11.0. The summed E-state index contributed by atoms with van der Waals surface area (Å²) in [7, 11) is 0. The van der Waals surface area contributed by atoms with Gasteiger partial charge in [0, 0.05) is 6.42 Å². The van der Waals surface area contributed by atoms with Crippen LogP contribution in [0.5, 0.6) is 5.75 Å². The minimum Gasteiger partial charge on any atom is -0.486 e. The fourth-order valence-electron chi connectivity index (χ4n) is 1.83. The molecule has 2 rings (SSSR count). The van der Waals surface area contributed by atoms with Crippen molar-refractivity contribution in [3.8, 4) is 5.75 Å². The summed E-state index contributed by atoms with van der Waals surface area (Å²) in [6.07, 6.45) is 0.708. The molecule has 15 heavy (non-hydrogen) atoms. The lowest BCUT2D eigenvalue weighted by atomic mass is 10.0. The molecular formula is C11H11ClO3. The predicted molar refractivity (Wildman–Crippen MR) is 56.8 cm³/mol. The van der Waals surface area contributed by atoms with Crippen LogP contribution in [0.4, 0.5) is 0 Å². The van der Waals surface area contributed by atoms with E-state index in [-0.39, 0.29) is 16.2 Å². The van der Waals surface area contributed by atoms with E-state index in [4.69, 9.17) is 21.4 Å². The van der Waals surface area contributed by atoms with Gasteiger partial charge in [0.2, 0.25) is 0 Å². The molecule has 80 valence electrons.